The fourth-order valence-corrected chi connectivity index (χ4v) is 4.77. The molecule has 0 aliphatic rings. The van der Waals surface area contributed by atoms with Crippen molar-refractivity contribution < 1.29 is 42.7 Å². The highest BCUT2D eigenvalue weighted by Gasteiger charge is 2.22. The Morgan fingerprint density at radius 1 is 0.566 bits per heavy atom. The van der Waals surface area contributed by atoms with Gasteiger partial charge in [0.2, 0.25) is 0 Å². The Kier molecular flexibility index (Phi) is 34.2. The van der Waals surface area contributed by atoms with Crippen LogP contribution in [-0.4, -0.2) is 46.8 Å². The van der Waals surface area contributed by atoms with E-state index >= 15 is 0 Å². The molecule has 0 aromatic heterocycles. The van der Waals surface area contributed by atoms with E-state index in [1.807, 2.05) is 48.6 Å². The molecule has 0 aromatic carbocycles. The number of ether oxygens (including phenoxy) is 2. The molecule has 1 atom stereocenters. The molecule has 0 aromatic rings. The summed E-state index contributed by atoms with van der Waals surface area (Å²) in [5.74, 6) is -0.909. The summed E-state index contributed by atoms with van der Waals surface area (Å²) in [5, 5.41) is 0. The van der Waals surface area contributed by atoms with Gasteiger partial charge >= 0.3 is 19.8 Å². The third-order valence-electron chi connectivity index (χ3n) is 7.25. The summed E-state index contributed by atoms with van der Waals surface area (Å²) in [7, 11) is -4.80. The smallest absolute Gasteiger partial charge is 0.462 e. The number of phosphoric acid groups is 1. The zero-order chi connectivity index (χ0) is 39.1. The Morgan fingerprint density at radius 2 is 1.06 bits per heavy atom. The number of carbonyl (C=O) groups excluding carboxylic acids is 3. The normalized spacial score (nSPS) is 13.6. The molecule has 296 valence electrons. The number of esters is 2. The Labute approximate surface area is 319 Å². The minimum Gasteiger partial charge on any atom is -0.462 e. The second kappa shape index (κ2) is 36.7. The van der Waals surface area contributed by atoms with Crippen LogP contribution in [0.15, 0.2) is 109 Å². The van der Waals surface area contributed by atoms with Crippen LogP contribution in [0.2, 0.25) is 0 Å². The summed E-state index contributed by atoms with van der Waals surface area (Å²) in [6, 6.07) is 0. The first-order valence-electron chi connectivity index (χ1n) is 19.1. The van der Waals surface area contributed by atoms with E-state index in [1.54, 1.807) is 12.2 Å². The summed E-state index contributed by atoms with van der Waals surface area (Å²) >= 11 is 0. The van der Waals surface area contributed by atoms with Gasteiger partial charge in [-0.3, -0.25) is 18.9 Å². The van der Waals surface area contributed by atoms with E-state index in [4.69, 9.17) is 19.3 Å². The lowest BCUT2D eigenvalue weighted by molar-refractivity contribution is -0.161. The van der Waals surface area contributed by atoms with Gasteiger partial charge in [0.25, 0.3) is 0 Å². The molecule has 0 aliphatic heterocycles. The van der Waals surface area contributed by atoms with Crippen LogP contribution >= 0.6 is 7.82 Å². The van der Waals surface area contributed by atoms with Crippen LogP contribution in [0.25, 0.3) is 0 Å². The van der Waals surface area contributed by atoms with E-state index in [1.165, 1.54) is 0 Å². The van der Waals surface area contributed by atoms with Gasteiger partial charge in [0.1, 0.15) is 6.61 Å². The highest BCUT2D eigenvalue weighted by Crippen LogP contribution is 2.35. The molecule has 0 saturated heterocycles. The van der Waals surface area contributed by atoms with Gasteiger partial charge in [-0.1, -0.05) is 130 Å². The number of ketones is 1. The lowest BCUT2D eigenvalue weighted by atomic mass is 10.1. The molecule has 0 saturated carbocycles. The van der Waals surface area contributed by atoms with Crippen LogP contribution in [0.5, 0.6) is 0 Å². The van der Waals surface area contributed by atoms with Crippen molar-refractivity contribution >= 4 is 25.5 Å². The van der Waals surface area contributed by atoms with Gasteiger partial charge in [0.15, 0.2) is 11.9 Å². The van der Waals surface area contributed by atoms with Crippen molar-refractivity contribution in [1.29, 1.82) is 0 Å². The van der Waals surface area contributed by atoms with Crippen molar-refractivity contribution in [2.75, 3.05) is 13.2 Å². The number of allylic oxidation sites excluding steroid dienone is 18. The molecule has 9 nitrogen and oxygen atoms in total. The molecule has 0 aliphatic carbocycles. The van der Waals surface area contributed by atoms with Crippen LogP contribution in [0, 0.1) is 0 Å². The Balaban J connectivity index is 4.24. The van der Waals surface area contributed by atoms with E-state index in [2.05, 4.69) is 67.0 Å². The predicted octanol–water partition coefficient (Wildman–Crippen LogP) is 10.8. The first kappa shape index (κ1) is 49.4. The Bertz CT molecular complexity index is 1280. The van der Waals surface area contributed by atoms with Crippen LogP contribution in [-0.2, 0) is 32.9 Å². The summed E-state index contributed by atoms with van der Waals surface area (Å²) in [6.07, 6.45) is 48.0. The first-order valence-corrected chi connectivity index (χ1v) is 20.7. The van der Waals surface area contributed by atoms with Gasteiger partial charge in [0.05, 0.1) is 6.61 Å². The van der Waals surface area contributed by atoms with Gasteiger partial charge in [-0.2, -0.15) is 0 Å². The minimum atomic E-state index is -4.80. The maximum Gasteiger partial charge on any atom is 0.469 e. The zero-order valence-electron chi connectivity index (χ0n) is 32.1. The summed E-state index contributed by atoms with van der Waals surface area (Å²) in [6.45, 7) is 3.28. The van der Waals surface area contributed by atoms with Crippen LogP contribution in [0.1, 0.15) is 123 Å². The second-order valence-electron chi connectivity index (χ2n) is 12.2. The maximum atomic E-state index is 12.3. The monoisotopic (exact) mass is 756 g/mol. The topological polar surface area (TPSA) is 136 Å². The van der Waals surface area contributed by atoms with E-state index in [0.717, 1.165) is 64.2 Å². The minimum absolute atomic E-state index is 0.0905. The number of phosphoric ester groups is 1. The average molecular weight is 757 g/mol. The highest BCUT2D eigenvalue weighted by molar-refractivity contribution is 7.46. The molecule has 0 amide bonds. The molecule has 0 fully saturated rings. The molecular formula is C43H65O9P. The lowest BCUT2D eigenvalue weighted by Gasteiger charge is -2.18. The number of unbranched alkanes of at least 4 members (excludes halogenated alkanes) is 4. The second-order valence-corrected chi connectivity index (χ2v) is 13.4. The fraction of sp³-hybridized carbons (Fsp3) is 0.512. The molecule has 0 bridgehead atoms. The van der Waals surface area contributed by atoms with Crippen molar-refractivity contribution in [3.05, 3.63) is 109 Å². The number of hydrogen-bond acceptors (Lipinski definition) is 7. The maximum absolute atomic E-state index is 12.3. The molecule has 0 heterocycles. The van der Waals surface area contributed by atoms with Crippen molar-refractivity contribution in [3.8, 4) is 0 Å². The van der Waals surface area contributed by atoms with Crippen LogP contribution < -0.4 is 0 Å². The summed E-state index contributed by atoms with van der Waals surface area (Å²) < 4.78 is 26.2. The number of hydrogen-bond donors (Lipinski definition) is 2. The van der Waals surface area contributed by atoms with Gasteiger partial charge < -0.3 is 19.3 Å². The van der Waals surface area contributed by atoms with E-state index in [0.29, 0.717) is 32.1 Å². The van der Waals surface area contributed by atoms with E-state index in [-0.39, 0.29) is 25.2 Å². The van der Waals surface area contributed by atoms with E-state index in [9.17, 15) is 18.9 Å². The standard InChI is InChI=1S/C43H65O9P/c1-3-5-7-8-9-10-11-12-13-14-15-16-19-22-25-28-32-36-42(45)50-38-41(39-51-53(47,48)49)52-43(46)37-33-29-26-23-20-17-18-21-24-27-31-35-40(44)34-30-6-4-2/h5,7,9-10,12-13,15-18,22-27,31,35,41H,3-4,6,8,11,14,19-21,28-30,32-34,36-39H2,1-2H3,(H2,47,48,49)/b7-5-,10-9-,13-12-,16-15-,18-17-,25-22-,26-23-,27-24-,35-31+/t41-/m1/s1. The number of carbonyl (C=O) groups is 3. The summed E-state index contributed by atoms with van der Waals surface area (Å²) in [4.78, 5) is 54.4. The van der Waals surface area contributed by atoms with Gasteiger partial charge in [-0.05, 0) is 83.1 Å². The van der Waals surface area contributed by atoms with Crippen molar-refractivity contribution in [2.24, 2.45) is 0 Å². The van der Waals surface area contributed by atoms with Gasteiger partial charge in [-0.25, -0.2) is 4.57 Å². The molecule has 2 N–H and O–H groups in total. The first-order chi connectivity index (χ1) is 25.7. The third kappa shape index (κ3) is 39.4. The molecule has 53 heavy (non-hydrogen) atoms. The predicted molar refractivity (Wildman–Crippen MR) is 216 cm³/mol. The van der Waals surface area contributed by atoms with Crippen molar-refractivity contribution in [1.82, 2.24) is 0 Å². The molecular weight excluding hydrogens is 691 g/mol. The summed E-state index contributed by atoms with van der Waals surface area (Å²) in [5.41, 5.74) is 0. The van der Waals surface area contributed by atoms with Crippen LogP contribution in [0.4, 0.5) is 0 Å². The fourth-order valence-electron chi connectivity index (χ4n) is 4.41. The zero-order valence-corrected chi connectivity index (χ0v) is 33.0. The molecule has 0 radical (unpaired) electrons. The quantitative estimate of drug-likeness (QED) is 0.0167. The average Bonchev–Trinajstić information content (AvgIpc) is 3.12. The van der Waals surface area contributed by atoms with E-state index < -0.39 is 32.5 Å². The van der Waals surface area contributed by atoms with Gasteiger partial charge in [0, 0.05) is 19.3 Å². The molecule has 0 unspecified atom stereocenters. The lowest BCUT2D eigenvalue weighted by Crippen LogP contribution is -2.29. The molecule has 0 spiro atoms. The SMILES string of the molecule is CC/C=C\C/C=C\C/C=C\C/C=C\C/C=C\CCCC(=O)OC[C@H](COP(=O)(O)O)OC(=O)CCC/C=C\C/C=C\C/C=C\C=C\C(=O)CCCCC. The Hall–Kier alpha value is -3.62. The van der Waals surface area contributed by atoms with Crippen molar-refractivity contribution in [3.63, 3.8) is 0 Å². The molecule has 10 heteroatoms. The third-order valence-corrected chi connectivity index (χ3v) is 7.74. The Morgan fingerprint density at radius 3 is 1.57 bits per heavy atom. The highest BCUT2D eigenvalue weighted by atomic mass is 31.2. The van der Waals surface area contributed by atoms with Crippen LogP contribution in [0.3, 0.4) is 0 Å². The number of rotatable bonds is 33. The van der Waals surface area contributed by atoms with Crippen molar-refractivity contribution in [2.45, 2.75) is 129 Å². The van der Waals surface area contributed by atoms with Gasteiger partial charge in [-0.15, -0.1) is 0 Å². The largest absolute Gasteiger partial charge is 0.469 e. The molecule has 0 rings (SSSR count).